The monoisotopic (exact) mass is 373 g/mol. The Labute approximate surface area is 167 Å². The zero-order valence-electron chi connectivity index (χ0n) is 16.5. The number of aryl methyl sites for hydroxylation is 1. The number of nitrogens with zero attached hydrogens (tertiary/aromatic N) is 1. The lowest BCUT2D eigenvalue weighted by molar-refractivity contribution is -0.695. The molecule has 2 aromatic rings. The Morgan fingerprint density at radius 1 is 0.654 bits per heavy atom. The molecule has 1 nitrogen and oxygen atoms in total. The van der Waals surface area contributed by atoms with E-state index in [-0.39, 0.29) is 12.4 Å². The van der Waals surface area contributed by atoms with Crippen LogP contribution in [0.4, 0.5) is 0 Å². The van der Waals surface area contributed by atoms with Gasteiger partial charge in [0.05, 0.1) is 0 Å². The molecular formula is C24H36ClN. The molecule has 1 heterocycles. The zero-order chi connectivity index (χ0) is 17.6. The number of benzene rings is 1. The van der Waals surface area contributed by atoms with Crippen molar-refractivity contribution < 1.29 is 17.0 Å². The average molecular weight is 374 g/mol. The summed E-state index contributed by atoms with van der Waals surface area (Å²) in [6.45, 7) is 3.27. The van der Waals surface area contributed by atoms with Gasteiger partial charge >= 0.3 is 0 Å². The first-order chi connectivity index (χ1) is 12.4. The van der Waals surface area contributed by atoms with Crippen LogP contribution in [-0.2, 0) is 13.0 Å². The fourth-order valence-corrected chi connectivity index (χ4v) is 3.47. The lowest BCUT2D eigenvalue weighted by atomic mass is 10.0. The maximum atomic E-state index is 2.41. The van der Waals surface area contributed by atoms with Crippen molar-refractivity contribution in [2.24, 2.45) is 0 Å². The summed E-state index contributed by atoms with van der Waals surface area (Å²) in [6.07, 6.45) is 17.4. The largest absolute Gasteiger partial charge is 1.00 e. The predicted molar refractivity (Wildman–Crippen MR) is 108 cm³/mol. The van der Waals surface area contributed by atoms with Crippen molar-refractivity contribution in [2.75, 3.05) is 0 Å². The van der Waals surface area contributed by atoms with Crippen LogP contribution in [0.15, 0.2) is 54.7 Å². The SMILES string of the molecule is CCCCCCCCCCCCc1cccc[n+]1Cc1ccccc1.[Cl-]. The van der Waals surface area contributed by atoms with Gasteiger partial charge in [-0.1, -0.05) is 101 Å². The summed E-state index contributed by atoms with van der Waals surface area (Å²) in [7, 11) is 0. The first-order valence-corrected chi connectivity index (χ1v) is 10.4. The van der Waals surface area contributed by atoms with Crippen LogP contribution in [0.25, 0.3) is 0 Å². The average Bonchev–Trinajstić information content (AvgIpc) is 2.65. The molecule has 0 saturated carbocycles. The van der Waals surface area contributed by atoms with Crippen LogP contribution in [0.2, 0.25) is 0 Å². The molecule has 0 aliphatic heterocycles. The van der Waals surface area contributed by atoms with Crippen LogP contribution in [0.3, 0.4) is 0 Å². The normalized spacial score (nSPS) is 10.5. The minimum atomic E-state index is 0. The van der Waals surface area contributed by atoms with Gasteiger partial charge in [0.1, 0.15) is 0 Å². The highest BCUT2D eigenvalue weighted by Crippen LogP contribution is 2.11. The summed E-state index contributed by atoms with van der Waals surface area (Å²) < 4.78 is 2.41. The fraction of sp³-hybridized carbons (Fsp3) is 0.542. The summed E-state index contributed by atoms with van der Waals surface area (Å²) >= 11 is 0. The smallest absolute Gasteiger partial charge is 0.181 e. The maximum Gasteiger partial charge on any atom is 0.181 e. The van der Waals surface area contributed by atoms with Gasteiger partial charge in [-0.25, -0.2) is 0 Å². The van der Waals surface area contributed by atoms with Crippen LogP contribution in [-0.4, -0.2) is 0 Å². The van der Waals surface area contributed by atoms with E-state index < -0.39 is 0 Å². The number of hydrogen-bond donors (Lipinski definition) is 0. The highest BCUT2D eigenvalue weighted by Gasteiger charge is 2.09. The number of aromatic nitrogens is 1. The fourth-order valence-electron chi connectivity index (χ4n) is 3.47. The van der Waals surface area contributed by atoms with E-state index in [2.05, 4.69) is 66.2 Å². The Kier molecular flexibility index (Phi) is 12.9. The van der Waals surface area contributed by atoms with Crippen molar-refractivity contribution in [3.63, 3.8) is 0 Å². The highest BCUT2D eigenvalue weighted by molar-refractivity contribution is 5.13. The number of rotatable bonds is 13. The maximum absolute atomic E-state index is 2.41. The molecule has 0 saturated heterocycles. The minimum Gasteiger partial charge on any atom is -1.00 e. The third-order valence-corrected chi connectivity index (χ3v) is 5.02. The first-order valence-electron chi connectivity index (χ1n) is 10.4. The van der Waals surface area contributed by atoms with Gasteiger partial charge in [0.25, 0.3) is 0 Å². The van der Waals surface area contributed by atoms with E-state index in [1.807, 2.05) is 0 Å². The Balaban J connectivity index is 0.00000338. The third kappa shape index (κ3) is 9.38. The molecular weight excluding hydrogens is 338 g/mol. The molecule has 0 spiro atoms. The summed E-state index contributed by atoms with van der Waals surface area (Å²) in [5.74, 6) is 0. The predicted octanol–water partition coefficient (Wildman–Crippen LogP) is 3.49. The van der Waals surface area contributed by atoms with Crippen molar-refractivity contribution in [2.45, 2.75) is 84.1 Å². The van der Waals surface area contributed by atoms with Gasteiger partial charge in [-0.15, -0.1) is 0 Å². The molecule has 2 heteroatoms. The molecule has 0 atom stereocenters. The standard InChI is InChI=1S/C24H36N.ClH/c1-2-3-4-5-6-7-8-9-10-14-19-24-20-15-16-21-25(24)22-23-17-12-11-13-18-23;/h11-13,15-18,20-21H,2-10,14,19,22H2,1H3;1H/q+1;/p-1. The van der Waals surface area contributed by atoms with Crippen LogP contribution in [0, 0.1) is 0 Å². The molecule has 1 aromatic heterocycles. The van der Waals surface area contributed by atoms with Gasteiger partial charge in [-0.05, 0) is 6.42 Å². The van der Waals surface area contributed by atoms with Crippen LogP contribution in [0.5, 0.6) is 0 Å². The molecule has 0 unspecified atom stereocenters. The topological polar surface area (TPSA) is 3.88 Å². The summed E-state index contributed by atoms with van der Waals surface area (Å²) in [4.78, 5) is 0. The highest BCUT2D eigenvalue weighted by atomic mass is 35.5. The van der Waals surface area contributed by atoms with Crippen molar-refractivity contribution in [3.8, 4) is 0 Å². The molecule has 0 amide bonds. The second-order valence-electron chi connectivity index (χ2n) is 7.24. The van der Waals surface area contributed by atoms with Gasteiger partial charge < -0.3 is 12.4 Å². The molecule has 0 radical (unpaired) electrons. The Bertz CT molecular complexity index is 567. The van der Waals surface area contributed by atoms with Crippen LogP contribution < -0.4 is 17.0 Å². The van der Waals surface area contributed by atoms with Gasteiger partial charge in [-0.2, -0.15) is 4.57 Å². The van der Waals surface area contributed by atoms with Gasteiger partial charge in [0.15, 0.2) is 18.4 Å². The van der Waals surface area contributed by atoms with E-state index in [1.54, 1.807) is 0 Å². The van der Waals surface area contributed by atoms with E-state index in [4.69, 9.17) is 0 Å². The molecule has 0 aliphatic carbocycles. The van der Waals surface area contributed by atoms with E-state index in [9.17, 15) is 0 Å². The molecule has 0 fully saturated rings. The second kappa shape index (κ2) is 14.8. The number of halogens is 1. The van der Waals surface area contributed by atoms with Gasteiger partial charge in [-0.3, -0.25) is 0 Å². The summed E-state index contributed by atoms with van der Waals surface area (Å²) in [5, 5.41) is 0. The molecule has 1 aromatic carbocycles. The molecule has 0 aliphatic rings. The van der Waals surface area contributed by atoms with Crippen molar-refractivity contribution >= 4 is 0 Å². The summed E-state index contributed by atoms with van der Waals surface area (Å²) in [5.41, 5.74) is 2.84. The number of pyridine rings is 1. The Hall–Kier alpha value is -1.34. The second-order valence-corrected chi connectivity index (χ2v) is 7.24. The van der Waals surface area contributed by atoms with Crippen LogP contribution >= 0.6 is 0 Å². The lowest BCUT2D eigenvalue weighted by Gasteiger charge is -2.05. The molecule has 26 heavy (non-hydrogen) atoms. The molecule has 0 N–H and O–H groups in total. The van der Waals surface area contributed by atoms with Gasteiger partial charge in [0, 0.05) is 24.1 Å². The summed E-state index contributed by atoms with van der Waals surface area (Å²) in [6, 6.07) is 17.4. The van der Waals surface area contributed by atoms with Crippen LogP contribution in [0.1, 0.15) is 82.4 Å². The van der Waals surface area contributed by atoms with E-state index in [0.29, 0.717) is 0 Å². The minimum absolute atomic E-state index is 0. The van der Waals surface area contributed by atoms with E-state index in [1.165, 1.54) is 81.9 Å². The molecule has 144 valence electrons. The zero-order valence-corrected chi connectivity index (χ0v) is 17.3. The quantitative estimate of drug-likeness (QED) is 0.374. The Morgan fingerprint density at radius 2 is 1.23 bits per heavy atom. The van der Waals surface area contributed by atoms with Crippen molar-refractivity contribution in [1.29, 1.82) is 0 Å². The lowest BCUT2D eigenvalue weighted by Crippen LogP contribution is -3.00. The third-order valence-electron chi connectivity index (χ3n) is 5.02. The van der Waals surface area contributed by atoms with Crippen molar-refractivity contribution in [1.82, 2.24) is 0 Å². The molecule has 2 rings (SSSR count). The molecule has 0 bridgehead atoms. The Morgan fingerprint density at radius 3 is 1.88 bits per heavy atom. The number of hydrogen-bond acceptors (Lipinski definition) is 0. The van der Waals surface area contributed by atoms with E-state index in [0.717, 1.165) is 6.54 Å². The first kappa shape index (κ1) is 22.7. The van der Waals surface area contributed by atoms with Gasteiger partial charge in [0.2, 0.25) is 0 Å². The van der Waals surface area contributed by atoms with E-state index >= 15 is 0 Å². The number of unbranched alkanes of at least 4 members (excludes halogenated alkanes) is 9. The van der Waals surface area contributed by atoms with Crippen molar-refractivity contribution in [3.05, 3.63) is 66.0 Å².